The minimum Gasteiger partial charge on any atom is -0.479 e. The van der Waals surface area contributed by atoms with E-state index in [0.29, 0.717) is 5.88 Å². The van der Waals surface area contributed by atoms with Gasteiger partial charge in [-0.3, -0.25) is 4.68 Å². The van der Waals surface area contributed by atoms with Crippen LogP contribution in [0.3, 0.4) is 0 Å². The summed E-state index contributed by atoms with van der Waals surface area (Å²) < 4.78 is 7.13. The van der Waals surface area contributed by atoms with Crippen molar-refractivity contribution in [2.45, 2.75) is 13.5 Å². The predicted molar refractivity (Wildman–Crippen MR) is 59.9 cm³/mol. The van der Waals surface area contributed by atoms with E-state index in [9.17, 15) is 0 Å². The van der Waals surface area contributed by atoms with Gasteiger partial charge in [-0.1, -0.05) is 30.3 Å². The smallest absolute Gasteiger partial charge is 0.240 e. The Morgan fingerprint density at radius 3 is 2.60 bits per heavy atom. The molecule has 1 aromatic heterocycles. The van der Waals surface area contributed by atoms with Crippen molar-refractivity contribution in [1.29, 1.82) is 0 Å². The lowest BCUT2D eigenvalue weighted by Gasteiger charge is -1.99. The van der Waals surface area contributed by atoms with E-state index >= 15 is 0 Å². The molecule has 0 saturated heterocycles. The first-order chi connectivity index (χ1) is 7.35. The molecule has 2 aromatic rings. The minimum absolute atomic E-state index is 0.683. The first-order valence-electron chi connectivity index (χ1n) is 5.02. The fourth-order valence-electron chi connectivity index (χ4n) is 1.53. The third-order valence-corrected chi connectivity index (χ3v) is 2.33. The van der Waals surface area contributed by atoms with Gasteiger partial charge in [0.1, 0.15) is 0 Å². The summed E-state index contributed by atoms with van der Waals surface area (Å²) in [6.45, 7) is 2.91. The van der Waals surface area contributed by atoms with Crippen LogP contribution in [-0.2, 0) is 6.54 Å². The van der Waals surface area contributed by atoms with Crippen LogP contribution >= 0.6 is 0 Å². The highest BCUT2D eigenvalue weighted by molar-refractivity contribution is 5.67. The maximum Gasteiger partial charge on any atom is 0.240 e. The first-order valence-corrected chi connectivity index (χ1v) is 5.02. The molecule has 0 saturated carbocycles. The Morgan fingerprint density at radius 1 is 1.27 bits per heavy atom. The summed E-state index contributed by atoms with van der Waals surface area (Å²) in [6.07, 6.45) is 2.01. The van der Waals surface area contributed by atoms with Crippen LogP contribution in [0.5, 0.6) is 5.88 Å². The average molecular weight is 202 g/mol. The molecule has 3 nitrogen and oxygen atoms in total. The summed E-state index contributed by atoms with van der Waals surface area (Å²) in [7, 11) is 1.65. The van der Waals surface area contributed by atoms with Crippen molar-refractivity contribution in [3.63, 3.8) is 0 Å². The van der Waals surface area contributed by atoms with Gasteiger partial charge in [-0.25, -0.2) is 0 Å². The van der Waals surface area contributed by atoms with Crippen LogP contribution in [-0.4, -0.2) is 16.9 Å². The zero-order valence-electron chi connectivity index (χ0n) is 8.97. The van der Waals surface area contributed by atoms with Crippen molar-refractivity contribution in [2.24, 2.45) is 0 Å². The summed E-state index contributed by atoms with van der Waals surface area (Å²) in [5, 5.41) is 4.32. The van der Waals surface area contributed by atoms with Crippen molar-refractivity contribution >= 4 is 0 Å². The minimum atomic E-state index is 0.683. The lowest BCUT2D eigenvalue weighted by atomic mass is 10.1. The van der Waals surface area contributed by atoms with Crippen LogP contribution in [0, 0.1) is 0 Å². The Morgan fingerprint density at radius 2 is 2.00 bits per heavy atom. The van der Waals surface area contributed by atoms with Gasteiger partial charge >= 0.3 is 0 Å². The van der Waals surface area contributed by atoms with Gasteiger partial charge in [-0.05, 0) is 12.5 Å². The number of benzene rings is 1. The molecular formula is C12H14N2O. The Balaban J connectivity index is 2.47. The molecule has 0 aliphatic rings. The maximum atomic E-state index is 5.25. The summed E-state index contributed by atoms with van der Waals surface area (Å²) in [5.41, 5.74) is 2.18. The third-order valence-electron chi connectivity index (χ3n) is 2.33. The number of aromatic nitrogens is 2. The van der Waals surface area contributed by atoms with Crippen molar-refractivity contribution in [2.75, 3.05) is 7.11 Å². The van der Waals surface area contributed by atoms with Gasteiger partial charge in [0.2, 0.25) is 5.88 Å². The fourth-order valence-corrected chi connectivity index (χ4v) is 1.53. The van der Waals surface area contributed by atoms with Crippen LogP contribution < -0.4 is 4.74 Å². The van der Waals surface area contributed by atoms with Gasteiger partial charge in [-0.15, -0.1) is 5.10 Å². The van der Waals surface area contributed by atoms with Crippen LogP contribution in [0.4, 0.5) is 0 Å². The van der Waals surface area contributed by atoms with E-state index in [0.717, 1.165) is 17.7 Å². The molecule has 78 valence electrons. The predicted octanol–water partition coefficient (Wildman–Crippen LogP) is 2.58. The van der Waals surface area contributed by atoms with Crippen LogP contribution in [0.1, 0.15) is 6.92 Å². The van der Waals surface area contributed by atoms with Crippen LogP contribution in [0.2, 0.25) is 0 Å². The number of hydrogen-bond acceptors (Lipinski definition) is 2. The van der Waals surface area contributed by atoms with E-state index in [1.54, 1.807) is 7.11 Å². The Hall–Kier alpha value is -1.77. The van der Waals surface area contributed by atoms with Crippen molar-refractivity contribution in [1.82, 2.24) is 9.78 Å². The highest BCUT2D eigenvalue weighted by Gasteiger charge is 2.09. The topological polar surface area (TPSA) is 27.1 Å². The summed E-state index contributed by atoms with van der Waals surface area (Å²) in [4.78, 5) is 0. The van der Waals surface area contributed by atoms with Gasteiger partial charge in [0.15, 0.2) is 0 Å². The quantitative estimate of drug-likeness (QED) is 0.764. The zero-order chi connectivity index (χ0) is 10.7. The van der Waals surface area contributed by atoms with E-state index < -0.39 is 0 Å². The second-order valence-corrected chi connectivity index (χ2v) is 3.27. The van der Waals surface area contributed by atoms with Gasteiger partial charge in [0.25, 0.3) is 0 Å². The van der Waals surface area contributed by atoms with E-state index in [1.807, 2.05) is 29.1 Å². The largest absolute Gasteiger partial charge is 0.479 e. The molecule has 0 radical (unpaired) electrons. The summed E-state index contributed by atoms with van der Waals surface area (Å²) in [6, 6.07) is 10.1. The molecule has 0 N–H and O–H groups in total. The highest BCUT2D eigenvalue weighted by atomic mass is 16.5. The molecule has 0 aliphatic carbocycles. The van der Waals surface area contributed by atoms with Crippen molar-refractivity contribution in [3.8, 4) is 17.0 Å². The fraction of sp³-hybridized carbons (Fsp3) is 0.250. The summed E-state index contributed by atoms with van der Waals surface area (Å²) in [5.74, 6) is 0.683. The molecule has 0 spiro atoms. The van der Waals surface area contributed by atoms with E-state index in [4.69, 9.17) is 4.74 Å². The molecule has 0 atom stereocenters. The van der Waals surface area contributed by atoms with Gasteiger partial charge in [0, 0.05) is 12.7 Å². The van der Waals surface area contributed by atoms with Crippen LogP contribution in [0.25, 0.3) is 11.1 Å². The average Bonchev–Trinajstić information content (AvgIpc) is 2.73. The SMILES string of the molecule is CCn1cc(-c2ccccc2)c(OC)n1. The Bertz CT molecular complexity index is 434. The van der Waals surface area contributed by atoms with Gasteiger partial charge in [-0.2, -0.15) is 0 Å². The van der Waals surface area contributed by atoms with Crippen molar-refractivity contribution < 1.29 is 4.74 Å². The van der Waals surface area contributed by atoms with Gasteiger partial charge < -0.3 is 4.74 Å². The number of nitrogens with zero attached hydrogens (tertiary/aromatic N) is 2. The van der Waals surface area contributed by atoms with Crippen molar-refractivity contribution in [3.05, 3.63) is 36.5 Å². The third kappa shape index (κ3) is 1.86. The monoisotopic (exact) mass is 202 g/mol. The molecule has 0 unspecified atom stereocenters. The number of rotatable bonds is 3. The number of methoxy groups -OCH3 is 1. The first kappa shape index (κ1) is 9.77. The molecule has 1 heterocycles. The molecule has 0 aliphatic heterocycles. The van der Waals surface area contributed by atoms with E-state index in [1.165, 1.54) is 0 Å². The lowest BCUT2D eigenvalue weighted by molar-refractivity contribution is 0.390. The lowest BCUT2D eigenvalue weighted by Crippen LogP contribution is -1.94. The Labute approximate surface area is 89.3 Å². The van der Waals surface area contributed by atoms with Gasteiger partial charge in [0.05, 0.1) is 12.7 Å². The normalized spacial score (nSPS) is 10.3. The second-order valence-electron chi connectivity index (χ2n) is 3.27. The maximum absolute atomic E-state index is 5.25. The standard InChI is InChI=1S/C12H14N2O/c1-3-14-9-11(12(13-14)15-2)10-7-5-4-6-8-10/h4-9H,3H2,1-2H3. The molecule has 0 bridgehead atoms. The molecule has 2 rings (SSSR count). The van der Waals surface area contributed by atoms with E-state index in [-0.39, 0.29) is 0 Å². The summed E-state index contributed by atoms with van der Waals surface area (Å²) >= 11 is 0. The molecule has 15 heavy (non-hydrogen) atoms. The molecular weight excluding hydrogens is 188 g/mol. The highest BCUT2D eigenvalue weighted by Crippen LogP contribution is 2.27. The second kappa shape index (κ2) is 4.17. The molecule has 3 heteroatoms. The molecule has 0 fully saturated rings. The number of aryl methyl sites for hydroxylation is 1. The zero-order valence-corrected chi connectivity index (χ0v) is 8.97. The number of ether oxygens (including phenoxy) is 1. The Kier molecular flexibility index (Phi) is 2.72. The van der Waals surface area contributed by atoms with E-state index in [2.05, 4.69) is 24.2 Å². The van der Waals surface area contributed by atoms with Crippen LogP contribution in [0.15, 0.2) is 36.5 Å². The molecule has 1 aromatic carbocycles. The number of hydrogen-bond donors (Lipinski definition) is 0. The molecule has 0 amide bonds.